The van der Waals surface area contributed by atoms with Gasteiger partial charge in [-0.15, -0.1) is 0 Å². The van der Waals surface area contributed by atoms with Crippen LogP contribution in [0.25, 0.3) is 0 Å². The molecular weight excluding hydrogens is 212 g/mol. The average molecular weight is 236 g/mol. The molecule has 0 bridgehead atoms. The number of nitrogens with zero attached hydrogens (tertiary/aromatic N) is 2. The Hall–Kier alpha value is -1.00. The molecule has 17 heavy (non-hydrogen) atoms. The number of aryl methyl sites for hydroxylation is 1. The molecular formula is C13H24N4. The van der Waals surface area contributed by atoms with Crippen molar-refractivity contribution in [1.82, 2.24) is 15.4 Å². The molecule has 0 fully saturated rings. The first-order valence-electron chi connectivity index (χ1n) is 6.52. The Morgan fingerprint density at radius 1 is 1.18 bits per heavy atom. The fraction of sp³-hybridized carbons (Fsp3) is 0.692. The molecule has 0 aromatic carbocycles. The topological polar surface area (TPSA) is 63.8 Å². The van der Waals surface area contributed by atoms with Crippen LogP contribution in [0.1, 0.15) is 62.9 Å². The molecule has 4 heteroatoms. The van der Waals surface area contributed by atoms with Gasteiger partial charge in [0.1, 0.15) is 0 Å². The summed E-state index contributed by atoms with van der Waals surface area (Å²) >= 11 is 0. The lowest BCUT2D eigenvalue weighted by Crippen LogP contribution is -2.28. The third-order valence-corrected chi connectivity index (χ3v) is 2.96. The smallest absolute Gasteiger partial charge is 0.0769 e. The molecule has 4 nitrogen and oxygen atoms in total. The predicted octanol–water partition coefficient (Wildman–Crippen LogP) is 2.65. The first-order chi connectivity index (χ1) is 8.27. The molecule has 0 aliphatic carbocycles. The van der Waals surface area contributed by atoms with Gasteiger partial charge in [-0.25, -0.2) is 0 Å². The van der Waals surface area contributed by atoms with Crippen LogP contribution in [0.15, 0.2) is 12.4 Å². The number of hydrogen-bond acceptors (Lipinski definition) is 4. The fourth-order valence-electron chi connectivity index (χ4n) is 1.85. The van der Waals surface area contributed by atoms with Crippen LogP contribution < -0.4 is 11.3 Å². The molecule has 0 amide bonds. The predicted molar refractivity (Wildman–Crippen MR) is 70.2 cm³/mol. The van der Waals surface area contributed by atoms with Crippen molar-refractivity contribution in [3.05, 3.63) is 23.8 Å². The summed E-state index contributed by atoms with van der Waals surface area (Å²) in [7, 11) is 0. The lowest BCUT2D eigenvalue weighted by atomic mass is 10.0. The van der Waals surface area contributed by atoms with E-state index in [2.05, 4.69) is 22.3 Å². The Labute approximate surface area is 104 Å². The Kier molecular flexibility index (Phi) is 6.74. The highest BCUT2D eigenvalue weighted by Crippen LogP contribution is 2.17. The van der Waals surface area contributed by atoms with E-state index in [1.54, 1.807) is 6.20 Å². The van der Waals surface area contributed by atoms with Crippen molar-refractivity contribution in [3.63, 3.8) is 0 Å². The number of nitrogens with two attached hydrogens (primary N) is 1. The monoisotopic (exact) mass is 236 g/mol. The van der Waals surface area contributed by atoms with E-state index in [0.717, 1.165) is 17.8 Å². The minimum atomic E-state index is 0.129. The van der Waals surface area contributed by atoms with Crippen LogP contribution in [0.4, 0.5) is 0 Å². The minimum Gasteiger partial charge on any atom is -0.271 e. The summed E-state index contributed by atoms with van der Waals surface area (Å²) < 4.78 is 0. The SMILES string of the molecule is CCCCCCCC(NN)c1cnc(C)cn1. The summed E-state index contributed by atoms with van der Waals surface area (Å²) in [5.74, 6) is 5.57. The van der Waals surface area contributed by atoms with E-state index in [1.807, 2.05) is 13.1 Å². The number of aromatic nitrogens is 2. The molecule has 0 radical (unpaired) electrons. The van der Waals surface area contributed by atoms with Gasteiger partial charge in [-0.2, -0.15) is 0 Å². The summed E-state index contributed by atoms with van der Waals surface area (Å²) in [6.07, 6.45) is 11.0. The summed E-state index contributed by atoms with van der Waals surface area (Å²) in [6.45, 7) is 4.17. The number of hydrogen-bond donors (Lipinski definition) is 2. The molecule has 0 aliphatic rings. The first-order valence-corrected chi connectivity index (χ1v) is 6.52. The van der Waals surface area contributed by atoms with Crippen molar-refractivity contribution < 1.29 is 0 Å². The van der Waals surface area contributed by atoms with Crippen LogP contribution in [0.2, 0.25) is 0 Å². The van der Waals surface area contributed by atoms with Gasteiger partial charge in [0.25, 0.3) is 0 Å². The highest BCUT2D eigenvalue weighted by atomic mass is 15.2. The van der Waals surface area contributed by atoms with E-state index < -0.39 is 0 Å². The first kappa shape index (κ1) is 14.1. The number of nitrogens with one attached hydrogen (secondary N) is 1. The zero-order valence-electron chi connectivity index (χ0n) is 10.9. The molecule has 0 aliphatic heterocycles. The van der Waals surface area contributed by atoms with E-state index in [9.17, 15) is 0 Å². The van der Waals surface area contributed by atoms with E-state index in [-0.39, 0.29) is 6.04 Å². The second-order valence-electron chi connectivity index (χ2n) is 4.50. The van der Waals surface area contributed by atoms with E-state index in [1.165, 1.54) is 32.1 Å². The molecule has 3 N–H and O–H groups in total. The maximum Gasteiger partial charge on any atom is 0.0769 e. The van der Waals surface area contributed by atoms with Gasteiger partial charge in [0, 0.05) is 6.20 Å². The lowest BCUT2D eigenvalue weighted by Gasteiger charge is -2.14. The van der Waals surface area contributed by atoms with Gasteiger partial charge in [0.2, 0.25) is 0 Å². The molecule has 1 heterocycles. The van der Waals surface area contributed by atoms with Crippen LogP contribution in [0, 0.1) is 6.92 Å². The molecule has 0 spiro atoms. The highest BCUT2D eigenvalue weighted by Gasteiger charge is 2.10. The Morgan fingerprint density at radius 2 is 1.94 bits per heavy atom. The summed E-state index contributed by atoms with van der Waals surface area (Å²) in [5.41, 5.74) is 4.70. The van der Waals surface area contributed by atoms with Crippen LogP contribution >= 0.6 is 0 Å². The van der Waals surface area contributed by atoms with Crippen LogP contribution in [-0.4, -0.2) is 9.97 Å². The summed E-state index contributed by atoms with van der Waals surface area (Å²) in [6, 6.07) is 0.129. The highest BCUT2D eigenvalue weighted by molar-refractivity contribution is 5.05. The Bertz CT molecular complexity index is 297. The van der Waals surface area contributed by atoms with Gasteiger partial charge in [-0.3, -0.25) is 21.2 Å². The molecule has 1 rings (SSSR count). The second kappa shape index (κ2) is 8.14. The van der Waals surface area contributed by atoms with Gasteiger partial charge < -0.3 is 0 Å². The van der Waals surface area contributed by atoms with Gasteiger partial charge in [-0.1, -0.05) is 39.0 Å². The zero-order valence-corrected chi connectivity index (χ0v) is 10.9. The van der Waals surface area contributed by atoms with Gasteiger partial charge in [0.15, 0.2) is 0 Å². The van der Waals surface area contributed by atoms with Gasteiger partial charge in [-0.05, 0) is 13.3 Å². The normalized spacial score (nSPS) is 12.6. The Balaban J connectivity index is 2.35. The number of rotatable bonds is 8. The van der Waals surface area contributed by atoms with Crippen molar-refractivity contribution in [3.8, 4) is 0 Å². The van der Waals surface area contributed by atoms with Crippen LogP contribution in [0.5, 0.6) is 0 Å². The maximum absolute atomic E-state index is 5.57. The minimum absolute atomic E-state index is 0.129. The average Bonchev–Trinajstić information content (AvgIpc) is 2.35. The lowest BCUT2D eigenvalue weighted by molar-refractivity contribution is 0.468. The zero-order chi connectivity index (χ0) is 12.5. The third-order valence-electron chi connectivity index (χ3n) is 2.96. The largest absolute Gasteiger partial charge is 0.271 e. The quantitative estimate of drug-likeness (QED) is 0.414. The van der Waals surface area contributed by atoms with Crippen molar-refractivity contribution in [2.75, 3.05) is 0 Å². The standard InChI is InChI=1S/C13H24N4/c1-3-4-5-6-7-8-12(17-14)13-10-15-11(2)9-16-13/h9-10,12,17H,3-8,14H2,1-2H3. The molecule has 0 saturated heterocycles. The van der Waals surface area contributed by atoms with Crippen LogP contribution in [0.3, 0.4) is 0 Å². The van der Waals surface area contributed by atoms with Crippen LogP contribution in [-0.2, 0) is 0 Å². The third kappa shape index (κ3) is 5.24. The molecule has 1 aromatic rings. The summed E-state index contributed by atoms with van der Waals surface area (Å²) in [4.78, 5) is 8.61. The number of hydrazine groups is 1. The molecule has 96 valence electrons. The second-order valence-corrected chi connectivity index (χ2v) is 4.50. The van der Waals surface area contributed by atoms with Gasteiger partial charge >= 0.3 is 0 Å². The fourth-order valence-corrected chi connectivity index (χ4v) is 1.85. The van der Waals surface area contributed by atoms with E-state index >= 15 is 0 Å². The van der Waals surface area contributed by atoms with Gasteiger partial charge in [0.05, 0.1) is 23.6 Å². The van der Waals surface area contributed by atoms with E-state index in [4.69, 9.17) is 5.84 Å². The van der Waals surface area contributed by atoms with Crippen molar-refractivity contribution in [1.29, 1.82) is 0 Å². The van der Waals surface area contributed by atoms with Crippen molar-refractivity contribution >= 4 is 0 Å². The van der Waals surface area contributed by atoms with Crippen molar-refractivity contribution in [2.24, 2.45) is 5.84 Å². The Morgan fingerprint density at radius 3 is 2.53 bits per heavy atom. The van der Waals surface area contributed by atoms with Crippen molar-refractivity contribution in [2.45, 2.75) is 58.4 Å². The molecule has 1 unspecified atom stereocenters. The summed E-state index contributed by atoms with van der Waals surface area (Å²) in [5, 5.41) is 0. The molecule has 1 atom stereocenters. The maximum atomic E-state index is 5.57. The molecule has 1 aromatic heterocycles. The van der Waals surface area contributed by atoms with E-state index in [0.29, 0.717) is 0 Å². The molecule has 0 saturated carbocycles. The number of unbranched alkanes of at least 4 members (excludes halogenated alkanes) is 4.